The number of nitrogens with one attached hydrogen (secondary N) is 1. The SMILES string of the molecule is C=C(C=CC1=C(S(=O)(=O)c2ccccc2)C(=CC=C2N(CCCCCCC)c3ccccc3C2(C)C)CCC1)C(C)(C)c1ccccc1NCCCCCCC. The number of para-hydroxylation sites is 2. The monoisotopic (exact) mass is 773 g/mol. The van der Waals surface area contributed by atoms with E-state index < -0.39 is 9.84 Å². The number of rotatable bonds is 20. The van der Waals surface area contributed by atoms with Crippen LogP contribution in [0.4, 0.5) is 11.4 Å². The van der Waals surface area contributed by atoms with E-state index in [4.69, 9.17) is 0 Å². The number of anilines is 2. The third-order valence-electron chi connectivity index (χ3n) is 12.0. The second-order valence-electron chi connectivity index (χ2n) is 16.8. The van der Waals surface area contributed by atoms with Crippen LogP contribution >= 0.6 is 0 Å². The van der Waals surface area contributed by atoms with Crippen LogP contribution in [0.15, 0.2) is 142 Å². The van der Waals surface area contributed by atoms with Crippen LogP contribution in [-0.4, -0.2) is 21.5 Å². The molecule has 3 aromatic carbocycles. The highest BCUT2D eigenvalue weighted by Gasteiger charge is 2.39. The first-order valence-electron chi connectivity index (χ1n) is 21.5. The zero-order valence-corrected chi connectivity index (χ0v) is 36.1. The zero-order valence-electron chi connectivity index (χ0n) is 35.3. The van der Waals surface area contributed by atoms with E-state index in [0.717, 1.165) is 54.8 Å². The lowest BCUT2D eigenvalue weighted by atomic mass is 9.77. The molecule has 300 valence electrons. The molecule has 0 amide bonds. The lowest BCUT2D eigenvalue weighted by Gasteiger charge is -2.29. The maximum atomic E-state index is 14.7. The fourth-order valence-electron chi connectivity index (χ4n) is 8.43. The van der Waals surface area contributed by atoms with Gasteiger partial charge >= 0.3 is 0 Å². The van der Waals surface area contributed by atoms with Gasteiger partial charge in [-0.05, 0) is 90.3 Å². The topological polar surface area (TPSA) is 49.4 Å². The van der Waals surface area contributed by atoms with Gasteiger partial charge in [-0.15, -0.1) is 0 Å². The Morgan fingerprint density at radius 2 is 1.45 bits per heavy atom. The Hall–Kier alpha value is -4.09. The van der Waals surface area contributed by atoms with Gasteiger partial charge in [-0.25, -0.2) is 8.42 Å². The van der Waals surface area contributed by atoms with Gasteiger partial charge in [-0.3, -0.25) is 0 Å². The first-order chi connectivity index (χ1) is 26.9. The summed E-state index contributed by atoms with van der Waals surface area (Å²) >= 11 is 0. The van der Waals surface area contributed by atoms with Crippen molar-refractivity contribution < 1.29 is 8.42 Å². The van der Waals surface area contributed by atoms with Gasteiger partial charge in [-0.1, -0.05) is 172 Å². The standard InChI is InChI=1S/C51H68N2O2S/c1-8-10-12-14-23-38-52-46-32-21-19-30-44(46)50(4,5)40(3)34-35-41-26-25-27-42(49(41)56(54,55)43-28-17-16-18-29-43)36-37-48-51(6,7)45-31-20-22-33-47(45)53(48)39-24-15-13-11-9-2/h16-22,28-37,52H,3,8-15,23-27,38-39H2,1-2,4-7H3. The van der Waals surface area contributed by atoms with Crippen LogP contribution in [0.1, 0.15) is 136 Å². The maximum Gasteiger partial charge on any atom is 0.207 e. The van der Waals surface area contributed by atoms with Crippen molar-refractivity contribution in [2.75, 3.05) is 23.3 Å². The molecule has 2 aliphatic rings. The summed E-state index contributed by atoms with van der Waals surface area (Å²) in [6.45, 7) is 20.0. The van der Waals surface area contributed by atoms with E-state index in [2.05, 4.69) is 125 Å². The van der Waals surface area contributed by atoms with Gasteiger partial charge in [0.1, 0.15) is 0 Å². The minimum Gasteiger partial charge on any atom is -0.385 e. The summed E-state index contributed by atoms with van der Waals surface area (Å²) in [5, 5.41) is 3.71. The van der Waals surface area contributed by atoms with E-state index >= 15 is 0 Å². The lowest BCUT2D eigenvalue weighted by molar-refractivity contribution is 0.600. The average molecular weight is 773 g/mol. The number of benzene rings is 3. The van der Waals surface area contributed by atoms with Crippen molar-refractivity contribution >= 4 is 21.2 Å². The van der Waals surface area contributed by atoms with Gasteiger partial charge in [-0.2, -0.15) is 0 Å². The van der Waals surface area contributed by atoms with Crippen molar-refractivity contribution in [3.05, 3.63) is 148 Å². The van der Waals surface area contributed by atoms with Gasteiger partial charge in [0.2, 0.25) is 9.84 Å². The van der Waals surface area contributed by atoms with Crippen LogP contribution in [0.25, 0.3) is 0 Å². The largest absolute Gasteiger partial charge is 0.385 e. The van der Waals surface area contributed by atoms with Crippen LogP contribution < -0.4 is 10.2 Å². The van der Waals surface area contributed by atoms with E-state index in [1.54, 1.807) is 12.1 Å². The molecule has 1 aliphatic carbocycles. The molecule has 0 saturated heterocycles. The van der Waals surface area contributed by atoms with Gasteiger partial charge in [0.05, 0.1) is 9.80 Å². The Kier molecular flexibility index (Phi) is 15.3. The lowest BCUT2D eigenvalue weighted by Crippen LogP contribution is -2.27. The second-order valence-corrected chi connectivity index (χ2v) is 18.7. The summed E-state index contributed by atoms with van der Waals surface area (Å²) in [6, 6.07) is 26.2. The van der Waals surface area contributed by atoms with Crippen molar-refractivity contribution in [1.29, 1.82) is 0 Å². The number of sulfone groups is 1. The van der Waals surface area contributed by atoms with Crippen LogP contribution in [0.3, 0.4) is 0 Å². The second kappa shape index (κ2) is 19.9. The predicted octanol–water partition coefficient (Wildman–Crippen LogP) is 13.9. The maximum absolute atomic E-state index is 14.7. The number of hydrogen-bond donors (Lipinski definition) is 1. The molecule has 1 heterocycles. The fourth-order valence-corrected chi connectivity index (χ4v) is 10.2. The fraction of sp³-hybridized carbons (Fsp3) is 0.451. The molecular weight excluding hydrogens is 705 g/mol. The Bertz CT molecular complexity index is 2010. The van der Waals surface area contributed by atoms with E-state index in [-0.39, 0.29) is 10.8 Å². The molecule has 0 bridgehead atoms. The Labute approximate surface area is 340 Å². The summed E-state index contributed by atoms with van der Waals surface area (Å²) < 4.78 is 29.4. The van der Waals surface area contributed by atoms with Crippen molar-refractivity contribution in [2.24, 2.45) is 0 Å². The van der Waals surface area contributed by atoms with Crippen LogP contribution in [0, 0.1) is 0 Å². The van der Waals surface area contributed by atoms with Gasteiger partial charge in [0, 0.05) is 41.0 Å². The molecular formula is C51H68N2O2S. The van der Waals surface area contributed by atoms with Crippen molar-refractivity contribution in [1.82, 2.24) is 0 Å². The normalized spacial score (nSPS) is 17.3. The van der Waals surface area contributed by atoms with E-state index in [1.165, 1.54) is 73.9 Å². The first-order valence-corrected chi connectivity index (χ1v) is 23.0. The summed E-state index contributed by atoms with van der Waals surface area (Å²) in [5.41, 5.74) is 8.23. The highest BCUT2D eigenvalue weighted by Crippen LogP contribution is 2.48. The highest BCUT2D eigenvalue weighted by atomic mass is 32.2. The molecule has 1 aliphatic heterocycles. The van der Waals surface area contributed by atoms with Crippen LogP contribution in [-0.2, 0) is 20.7 Å². The molecule has 0 fully saturated rings. The Morgan fingerprint density at radius 3 is 2.18 bits per heavy atom. The van der Waals surface area contributed by atoms with Gasteiger partial charge in [0.25, 0.3) is 0 Å². The minimum absolute atomic E-state index is 0.208. The van der Waals surface area contributed by atoms with E-state index in [1.807, 2.05) is 24.3 Å². The number of fused-ring (bicyclic) bond motifs is 1. The molecule has 3 aromatic rings. The van der Waals surface area contributed by atoms with Crippen molar-refractivity contribution in [3.8, 4) is 0 Å². The molecule has 4 nitrogen and oxygen atoms in total. The van der Waals surface area contributed by atoms with Crippen LogP contribution in [0.5, 0.6) is 0 Å². The molecule has 0 unspecified atom stereocenters. The molecule has 1 N–H and O–H groups in total. The molecule has 0 aromatic heterocycles. The zero-order chi connectivity index (χ0) is 40.2. The molecule has 5 rings (SSSR count). The molecule has 5 heteroatoms. The first kappa shape index (κ1) is 43.0. The number of hydrogen-bond acceptors (Lipinski definition) is 4. The van der Waals surface area contributed by atoms with Crippen molar-refractivity contribution in [2.45, 2.75) is 141 Å². The summed E-state index contributed by atoms with van der Waals surface area (Å²) in [6.07, 6.45) is 23.0. The third kappa shape index (κ3) is 10.1. The average Bonchev–Trinajstić information content (AvgIpc) is 3.42. The predicted molar refractivity (Wildman–Crippen MR) is 241 cm³/mol. The Morgan fingerprint density at radius 1 is 0.804 bits per heavy atom. The third-order valence-corrected chi connectivity index (χ3v) is 14.0. The molecule has 0 atom stereocenters. The van der Waals surface area contributed by atoms with Crippen molar-refractivity contribution in [3.63, 3.8) is 0 Å². The molecule has 0 spiro atoms. The van der Waals surface area contributed by atoms with Gasteiger partial charge < -0.3 is 10.2 Å². The highest BCUT2D eigenvalue weighted by molar-refractivity contribution is 7.95. The van der Waals surface area contributed by atoms with E-state index in [9.17, 15) is 8.42 Å². The number of allylic oxidation sites excluding steroid dienone is 8. The molecule has 0 radical (unpaired) electrons. The minimum atomic E-state index is -3.81. The Balaban J connectivity index is 1.51. The summed E-state index contributed by atoms with van der Waals surface area (Å²) in [5.74, 6) is 0. The number of nitrogens with zero attached hydrogens (tertiary/aromatic N) is 1. The van der Waals surface area contributed by atoms with Crippen LogP contribution in [0.2, 0.25) is 0 Å². The van der Waals surface area contributed by atoms with E-state index in [0.29, 0.717) is 22.6 Å². The quantitative estimate of drug-likeness (QED) is 0.0918. The summed E-state index contributed by atoms with van der Waals surface area (Å²) in [7, 11) is -3.81. The van der Waals surface area contributed by atoms with Gasteiger partial charge in [0.15, 0.2) is 0 Å². The molecule has 0 saturated carbocycles. The summed E-state index contributed by atoms with van der Waals surface area (Å²) in [4.78, 5) is 3.26. The smallest absolute Gasteiger partial charge is 0.207 e. The number of unbranched alkanes of at least 4 members (excludes halogenated alkanes) is 8. The molecule has 56 heavy (non-hydrogen) atoms.